The molecule has 0 saturated carbocycles. The Bertz CT molecular complexity index is 1030. The van der Waals surface area contributed by atoms with Crippen molar-refractivity contribution in [2.24, 2.45) is 0 Å². The smallest absolute Gasteiger partial charge is 0.235 e. The maximum atomic E-state index is 12.0. The second-order valence-electron chi connectivity index (χ2n) is 7.75. The van der Waals surface area contributed by atoms with Crippen molar-refractivity contribution in [3.05, 3.63) is 81.5 Å². The summed E-state index contributed by atoms with van der Waals surface area (Å²) in [6.07, 6.45) is 2.27. The average Bonchev–Trinajstić information content (AvgIpc) is 2.72. The van der Waals surface area contributed by atoms with Crippen molar-refractivity contribution in [2.75, 3.05) is 11.1 Å². The number of nitrogens with zero attached hydrogens (tertiary/aromatic N) is 2. The van der Waals surface area contributed by atoms with Gasteiger partial charge < -0.3 is 10.4 Å². The molecule has 3 rings (SSSR count). The highest BCUT2D eigenvalue weighted by molar-refractivity contribution is 7.99. The SMILES string of the molecule is Cc1cc(CSCC(=O)Nc2cccnn2)cc(Cl)c1Cc1ccc(O)c(C(C)C)c1. The number of hydrogen-bond donors (Lipinski definition) is 2. The zero-order chi connectivity index (χ0) is 22.4. The largest absolute Gasteiger partial charge is 0.508 e. The molecule has 162 valence electrons. The van der Waals surface area contributed by atoms with Crippen molar-refractivity contribution in [1.82, 2.24) is 10.2 Å². The van der Waals surface area contributed by atoms with Crippen LogP contribution < -0.4 is 5.32 Å². The molecular formula is C24H26ClN3O2S. The number of aromatic nitrogens is 2. The first kappa shape index (κ1) is 23.1. The summed E-state index contributed by atoms with van der Waals surface area (Å²) in [5.74, 6) is 1.93. The molecule has 0 saturated heterocycles. The molecule has 1 aromatic heterocycles. The van der Waals surface area contributed by atoms with Crippen LogP contribution in [0.1, 0.15) is 47.6 Å². The van der Waals surface area contributed by atoms with E-state index in [1.165, 1.54) is 11.8 Å². The van der Waals surface area contributed by atoms with Crippen LogP contribution in [0.4, 0.5) is 5.82 Å². The lowest BCUT2D eigenvalue weighted by Crippen LogP contribution is -2.15. The second-order valence-corrected chi connectivity index (χ2v) is 9.14. The maximum Gasteiger partial charge on any atom is 0.235 e. The second kappa shape index (κ2) is 10.6. The molecule has 5 nitrogen and oxygen atoms in total. The van der Waals surface area contributed by atoms with Gasteiger partial charge in [0.25, 0.3) is 0 Å². The Morgan fingerprint density at radius 1 is 1.19 bits per heavy atom. The lowest BCUT2D eigenvalue weighted by atomic mass is 9.94. The number of rotatable bonds is 8. The molecule has 31 heavy (non-hydrogen) atoms. The Hall–Kier alpha value is -2.57. The number of thioether (sulfide) groups is 1. The van der Waals surface area contributed by atoms with Crippen LogP contribution in [0.25, 0.3) is 0 Å². The van der Waals surface area contributed by atoms with E-state index in [0.29, 0.717) is 29.5 Å². The van der Waals surface area contributed by atoms with E-state index >= 15 is 0 Å². The van der Waals surface area contributed by atoms with Gasteiger partial charge in [-0.05, 0) is 71.3 Å². The van der Waals surface area contributed by atoms with Crippen LogP contribution in [0.3, 0.4) is 0 Å². The monoisotopic (exact) mass is 455 g/mol. The Morgan fingerprint density at radius 3 is 2.68 bits per heavy atom. The van der Waals surface area contributed by atoms with Crippen LogP contribution in [0.5, 0.6) is 5.75 Å². The van der Waals surface area contributed by atoms with Crippen molar-refractivity contribution in [1.29, 1.82) is 0 Å². The average molecular weight is 456 g/mol. The van der Waals surface area contributed by atoms with E-state index in [9.17, 15) is 9.90 Å². The van der Waals surface area contributed by atoms with Gasteiger partial charge in [-0.2, -0.15) is 5.10 Å². The van der Waals surface area contributed by atoms with Gasteiger partial charge in [0.15, 0.2) is 5.82 Å². The van der Waals surface area contributed by atoms with Crippen molar-refractivity contribution in [2.45, 2.75) is 38.9 Å². The topological polar surface area (TPSA) is 75.1 Å². The Morgan fingerprint density at radius 2 is 2.00 bits per heavy atom. The highest BCUT2D eigenvalue weighted by Crippen LogP contribution is 2.30. The zero-order valence-corrected chi connectivity index (χ0v) is 19.4. The van der Waals surface area contributed by atoms with Crippen molar-refractivity contribution >= 4 is 35.1 Å². The standard InChI is InChI=1S/C24H26ClN3O2S/c1-15(2)19-10-17(6-7-22(19)29)11-20-16(3)9-18(12-21(20)25)13-31-14-24(30)27-23-5-4-8-26-28-23/h4-10,12,15,29H,11,13-14H2,1-3H3,(H,27,28,30). The predicted molar refractivity (Wildman–Crippen MR) is 128 cm³/mol. The number of phenolic OH excluding ortho intramolecular Hbond substituents is 1. The molecule has 7 heteroatoms. The Balaban J connectivity index is 1.61. The van der Waals surface area contributed by atoms with Crippen LogP contribution in [0.15, 0.2) is 48.7 Å². The number of carbonyl (C=O) groups excluding carboxylic acids is 1. The van der Waals surface area contributed by atoms with E-state index in [2.05, 4.69) is 48.4 Å². The van der Waals surface area contributed by atoms with Gasteiger partial charge in [-0.1, -0.05) is 43.6 Å². The fraction of sp³-hybridized carbons (Fsp3) is 0.292. The van der Waals surface area contributed by atoms with Gasteiger partial charge >= 0.3 is 0 Å². The van der Waals surface area contributed by atoms with Gasteiger partial charge in [-0.15, -0.1) is 16.9 Å². The number of aryl methyl sites for hydroxylation is 1. The summed E-state index contributed by atoms with van der Waals surface area (Å²) in [7, 11) is 0. The third-order valence-corrected chi connectivity index (χ3v) is 6.26. The number of benzene rings is 2. The van der Waals surface area contributed by atoms with Crippen molar-refractivity contribution in [3.8, 4) is 5.75 Å². The number of hydrogen-bond acceptors (Lipinski definition) is 5. The molecule has 2 aromatic carbocycles. The van der Waals surface area contributed by atoms with Gasteiger partial charge in [0.2, 0.25) is 5.91 Å². The summed E-state index contributed by atoms with van der Waals surface area (Å²) in [4.78, 5) is 12.0. The lowest BCUT2D eigenvalue weighted by molar-refractivity contribution is -0.113. The molecule has 3 aromatic rings. The number of anilines is 1. The number of aromatic hydroxyl groups is 1. The molecule has 1 heterocycles. The summed E-state index contributed by atoms with van der Waals surface area (Å²) >= 11 is 8.13. The Labute approximate surface area is 192 Å². The van der Waals surface area contributed by atoms with Crippen LogP contribution >= 0.6 is 23.4 Å². The van der Waals surface area contributed by atoms with Gasteiger partial charge in [-0.3, -0.25) is 4.79 Å². The number of amides is 1. The van der Waals surface area contributed by atoms with Gasteiger partial charge in [-0.25, -0.2) is 0 Å². The van der Waals surface area contributed by atoms with E-state index in [1.54, 1.807) is 24.4 Å². The highest BCUT2D eigenvalue weighted by Gasteiger charge is 2.12. The fourth-order valence-corrected chi connectivity index (χ4v) is 4.46. The molecule has 2 N–H and O–H groups in total. The van der Waals surface area contributed by atoms with E-state index in [0.717, 1.165) is 32.8 Å². The normalized spacial score (nSPS) is 11.0. The first-order valence-electron chi connectivity index (χ1n) is 10.1. The van der Waals surface area contributed by atoms with E-state index in [4.69, 9.17) is 11.6 Å². The number of nitrogens with one attached hydrogen (secondary N) is 1. The quantitative estimate of drug-likeness (QED) is 0.453. The summed E-state index contributed by atoms with van der Waals surface area (Å²) in [6, 6.07) is 13.3. The van der Waals surface area contributed by atoms with Crippen LogP contribution in [-0.4, -0.2) is 27.0 Å². The minimum atomic E-state index is -0.113. The molecule has 0 radical (unpaired) electrons. The summed E-state index contributed by atoms with van der Waals surface area (Å²) in [6.45, 7) is 6.19. The molecular weight excluding hydrogens is 430 g/mol. The maximum absolute atomic E-state index is 12.0. The van der Waals surface area contributed by atoms with Crippen LogP contribution in [-0.2, 0) is 17.0 Å². The summed E-state index contributed by atoms with van der Waals surface area (Å²) < 4.78 is 0. The molecule has 0 fully saturated rings. The van der Waals surface area contributed by atoms with Crippen LogP contribution in [0.2, 0.25) is 5.02 Å². The molecule has 1 amide bonds. The summed E-state index contributed by atoms with van der Waals surface area (Å²) in [5, 5.41) is 21.1. The minimum absolute atomic E-state index is 0.113. The Kier molecular flexibility index (Phi) is 7.93. The minimum Gasteiger partial charge on any atom is -0.508 e. The first-order chi connectivity index (χ1) is 14.8. The summed E-state index contributed by atoms with van der Waals surface area (Å²) in [5.41, 5.74) is 5.34. The fourth-order valence-electron chi connectivity index (χ4n) is 3.34. The van der Waals surface area contributed by atoms with E-state index < -0.39 is 0 Å². The third kappa shape index (κ3) is 6.45. The first-order valence-corrected chi connectivity index (χ1v) is 11.6. The van der Waals surface area contributed by atoms with Gasteiger partial charge in [0.05, 0.1) is 5.75 Å². The molecule has 0 aliphatic heterocycles. The number of halogens is 1. The third-order valence-electron chi connectivity index (χ3n) is 4.91. The number of carbonyl (C=O) groups is 1. The molecule has 0 aliphatic rings. The van der Waals surface area contributed by atoms with E-state index in [-0.39, 0.29) is 11.8 Å². The van der Waals surface area contributed by atoms with Gasteiger partial charge in [0, 0.05) is 17.0 Å². The van der Waals surface area contributed by atoms with Crippen molar-refractivity contribution in [3.63, 3.8) is 0 Å². The van der Waals surface area contributed by atoms with Crippen LogP contribution in [0, 0.1) is 6.92 Å². The molecule has 0 bridgehead atoms. The lowest BCUT2D eigenvalue weighted by Gasteiger charge is -2.14. The highest BCUT2D eigenvalue weighted by atomic mass is 35.5. The molecule has 0 spiro atoms. The predicted octanol–water partition coefficient (Wildman–Crippen LogP) is 5.73. The zero-order valence-electron chi connectivity index (χ0n) is 17.9. The molecule has 0 aliphatic carbocycles. The molecule has 0 unspecified atom stereocenters. The van der Waals surface area contributed by atoms with Crippen molar-refractivity contribution < 1.29 is 9.90 Å². The van der Waals surface area contributed by atoms with E-state index in [1.807, 2.05) is 12.1 Å². The molecule has 0 atom stereocenters. The number of phenols is 1. The van der Waals surface area contributed by atoms with Gasteiger partial charge in [0.1, 0.15) is 5.75 Å².